The highest BCUT2D eigenvalue weighted by molar-refractivity contribution is 7.89. The Morgan fingerprint density at radius 3 is 2.57 bits per heavy atom. The number of halogens is 1. The third kappa shape index (κ3) is 5.63. The normalized spacial score (nSPS) is 15.0. The zero-order valence-corrected chi connectivity index (χ0v) is 17.8. The van der Waals surface area contributed by atoms with Crippen LogP contribution in [0.2, 0.25) is 0 Å². The molecule has 0 spiro atoms. The number of hydrogen-bond acceptors (Lipinski definition) is 5. The Hall–Kier alpha value is -2.33. The minimum atomic E-state index is -3.74. The van der Waals surface area contributed by atoms with Crippen LogP contribution in [0.5, 0.6) is 0 Å². The molecule has 2 aromatic rings. The molecule has 0 atom stereocenters. The van der Waals surface area contributed by atoms with Gasteiger partial charge in [-0.15, -0.1) is 4.83 Å². The molecule has 0 saturated carbocycles. The Morgan fingerprint density at radius 2 is 1.90 bits per heavy atom. The summed E-state index contributed by atoms with van der Waals surface area (Å²) in [6, 6.07) is 12.3. The van der Waals surface area contributed by atoms with Crippen molar-refractivity contribution in [3.63, 3.8) is 0 Å². The van der Waals surface area contributed by atoms with Gasteiger partial charge in [-0.2, -0.15) is 0 Å². The van der Waals surface area contributed by atoms with Gasteiger partial charge in [-0.05, 0) is 41.7 Å². The third-order valence-corrected chi connectivity index (χ3v) is 6.35. The molecule has 0 bridgehead atoms. The Kier molecular flexibility index (Phi) is 7.19. The van der Waals surface area contributed by atoms with Gasteiger partial charge in [0.15, 0.2) is 0 Å². The molecule has 7 nitrogen and oxygen atoms in total. The molecule has 0 unspecified atom stereocenters. The lowest BCUT2D eigenvalue weighted by Crippen LogP contribution is -2.53. The van der Waals surface area contributed by atoms with Crippen molar-refractivity contribution >= 4 is 15.9 Å². The number of likely N-dealkylation sites (tertiary alicyclic amines) is 1. The average molecular weight is 436 g/mol. The van der Waals surface area contributed by atoms with Gasteiger partial charge in [0.25, 0.3) is 5.91 Å². The number of nitrogens with one attached hydrogen (secondary N) is 2. The maximum Gasteiger partial charge on any atom is 0.269 e. The van der Waals surface area contributed by atoms with Crippen LogP contribution in [0, 0.1) is 18.7 Å². The number of hydrazine groups is 1. The molecule has 9 heteroatoms. The Morgan fingerprint density at radius 1 is 1.20 bits per heavy atom. The van der Waals surface area contributed by atoms with Crippen LogP contribution in [0.15, 0.2) is 42.5 Å². The molecule has 1 saturated heterocycles. The van der Waals surface area contributed by atoms with E-state index < -0.39 is 21.7 Å². The minimum Gasteiger partial charge on any atom is -0.383 e. The lowest BCUT2D eigenvalue weighted by Gasteiger charge is -2.38. The molecule has 1 amide bonds. The molecule has 0 aromatic heterocycles. The predicted octanol–water partition coefficient (Wildman–Crippen LogP) is 1.94. The van der Waals surface area contributed by atoms with E-state index in [0.29, 0.717) is 30.8 Å². The van der Waals surface area contributed by atoms with E-state index in [1.807, 2.05) is 30.3 Å². The molecule has 1 aliphatic heterocycles. The number of hydrogen-bond donors (Lipinski definition) is 2. The molecule has 1 aliphatic rings. The molecule has 0 radical (unpaired) electrons. The van der Waals surface area contributed by atoms with Crippen LogP contribution in [-0.4, -0.2) is 58.3 Å². The minimum absolute atomic E-state index is 0.0170. The number of sulfonamides is 1. The van der Waals surface area contributed by atoms with Crippen molar-refractivity contribution in [1.82, 2.24) is 15.2 Å². The second kappa shape index (κ2) is 9.65. The van der Waals surface area contributed by atoms with E-state index in [9.17, 15) is 17.6 Å². The summed E-state index contributed by atoms with van der Waals surface area (Å²) in [7, 11) is -2.12. The fourth-order valence-electron chi connectivity index (χ4n) is 3.46. The SMILES string of the molecule is COCCN1CC(CS(=O)(=O)NNC(=O)c2cc(-c3ccccc3)cc(C)c2F)C1. The van der Waals surface area contributed by atoms with Crippen LogP contribution < -0.4 is 10.3 Å². The summed E-state index contributed by atoms with van der Waals surface area (Å²) in [6.07, 6.45) is 0. The largest absolute Gasteiger partial charge is 0.383 e. The fourth-order valence-corrected chi connectivity index (χ4v) is 4.62. The Balaban J connectivity index is 1.61. The van der Waals surface area contributed by atoms with Crippen molar-refractivity contribution < 1.29 is 22.3 Å². The Labute approximate surface area is 176 Å². The highest BCUT2D eigenvalue weighted by atomic mass is 32.2. The van der Waals surface area contributed by atoms with E-state index >= 15 is 0 Å². The summed E-state index contributed by atoms with van der Waals surface area (Å²) in [4.78, 5) is 16.7. The highest BCUT2D eigenvalue weighted by Crippen LogP contribution is 2.24. The first-order valence-corrected chi connectivity index (χ1v) is 11.3. The molecular formula is C21H26FN3O4S. The summed E-state index contributed by atoms with van der Waals surface area (Å²) in [5, 5.41) is 0. The smallest absolute Gasteiger partial charge is 0.269 e. The summed E-state index contributed by atoms with van der Waals surface area (Å²) in [5.41, 5.74) is 3.72. The van der Waals surface area contributed by atoms with Gasteiger partial charge in [0, 0.05) is 26.7 Å². The molecular weight excluding hydrogens is 409 g/mol. The first-order valence-electron chi connectivity index (χ1n) is 9.65. The van der Waals surface area contributed by atoms with Gasteiger partial charge in [-0.1, -0.05) is 30.3 Å². The van der Waals surface area contributed by atoms with Crippen molar-refractivity contribution in [3.05, 3.63) is 59.4 Å². The van der Waals surface area contributed by atoms with Crippen LogP contribution in [-0.2, 0) is 14.8 Å². The van der Waals surface area contributed by atoms with Crippen LogP contribution in [0.25, 0.3) is 11.1 Å². The van der Waals surface area contributed by atoms with Crippen molar-refractivity contribution in [2.45, 2.75) is 6.92 Å². The zero-order valence-electron chi connectivity index (χ0n) is 17.0. The molecule has 2 N–H and O–H groups in total. The summed E-state index contributed by atoms with van der Waals surface area (Å²) < 4.78 is 44.1. The molecule has 30 heavy (non-hydrogen) atoms. The molecule has 3 rings (SSSR count). The first kappa shape index (κ1) is 22.4. The third-order valence-electron chi connectivity index (χ3n) is 5.03. The molecule has 2 aromatic carbocycles. The van der Waals surface area contributed by atoms with E-state index in [4.69, 9.17) is 4.74 Å². The first-order chi connectivity index (χ1) is 14.3. The Bertz CT molecular complexity index is 993. The standard InChI is InChI=1S/C21H26FN3O4S/c1-15-10-18(17-6-4-3-5-7-17)11-19(20(15)22)21(26)23-24-30(27,28)14-16-12-25(13-16)8-9-29-2/h3-7,10-11,16,24H,8-9,12-14H2,1-2H3,(H,23,26). The second-order valence-electron chi connectivity index (χ2n) is 7.48. The number of benzene rings is 2. The molecule has 0 aliphatic carbocycles. The number of rotatable bonds is 9. The topological polar surface area (TPSA) is 87.7 Å². The maximum atomic E-state index is 14.5. The number of methoxy groups -OCH3 is 1. The molecule has 1 heterocycles. The number of aryl methyl sites for hydroxylation is 1. The van der Waals surface area contributed by atoms with Crippen LogP contribution in [0.4, 0.5) is 4.39 Å². The van der Waals surface area contributed by atoms with E-state index in [-0.39, 0.29) is 17.2 Å². The monoisotopic (exact) mass is 435 g/mol. The van der Waals surface area contributed by atoms with Gasteiger partial charge in [0.2, 0.25) is 10.0 Å². The second-order valence-corrected chi connectivity index (χ2v) is 9.24. The fraction of sp³-hybridized carbons (Fsp3) is 0.381. The lowest BCUT2D eigenvalue weighted by atomic mass is 9.99. The maximum absolute atomic E-state index is 14.5. The van der Waals surface area contributed by atoms with E-state index in [0.717, 1.165) is 12.1 Å². The summed E-state index contributed by atoms with van der Waals surface area (Å²) >= 11 is 0. The van der Waals surface area contributed by atoms with Crippen LogP contribution in [0.1, 0.15) is 15.9 Å². The number of carbonyl (C=O) groups excluding carboxylic acids is 1. The van der Waals surface area contributed by atoms with Gasteiger partial charge in [-0.3, -0.25) is 10.2 Å². The zero-order chi connectivity index (χ0) is 21.7. The van der Waals surface area contributed by atoms with Crippen LogP contribution in [0.3, 0.4) is 0 Å². The predicted molar refractivity (Wildman–Crippen MR) is 113 cm³/mol. The van der Waals surface area contributed by atoms with Gasteiger partial charge >= 0.3 is 0 Å². The van der Waals surface area contributed by atoms with Gasteiger partial charge < -0.3 is 9.64 Å². The molecule has 1 fully saturated rings. The van der Waals surface area contributed by atoms with Crippen molar-refractivity contribution in [3.8, 4) is 11.1 Å². The van der Waals surface area contributed by atoms with Gasteiger partial charge in [-0.25, -0.2) is 12.8 Å². The van der Waals surface area contributed by atoms with Crippen LogP contribution >= 0.6 is 0 Å². The lowest BCUT2D eigenvalue weighted by molar-refractivity contribution is 0.0738. The highest BCUT2D eigenvalue weighted by Gasteiger charge is 2.31. The average Bonchev–Trinajstić information content (AvgIpc) is 2.70. The number of amides is 1. The van der Waals surface area contributed by atoms with Crippen molar-refractivity contribution in [2.24, 2.45) is 5.92 Å². The van der Waals surface area contributed by atoms with Crippen molar-refractivity contribution in [1.29, 1.82) is 0 Å². The quantitative estimate of drug-likeness (QED) is 0.588. The van der Waals surface area contributed by atoms with E-state index in [2.05, 4.69) is 15.2 Å². The summed E-state index contributed by atoms with van der Waals surface area (Å²) in [5.74, 6) is -1.65. The van der Waals surface area contributed by atoms with Crippen molar-refractivity contribution in [2.75, 3.05) is 39.1 Å². The number of ether oxygens (including phenoxy) is 1. The number of nitrogens with zero attached hydrogens (tertiary/aromatic N) is 1. The van der Waals surface area contributed by atoms with E-state index in [1.165, 1.54) is 6.07 Å². The molecule has 162 valence electrons. The van der Waals surface area contributed by atoms with Gasteiger partial charge in [0.05, 0.1) is 17.9 Å². The van der Waals surface area contributed by atoms with Gasteiger partial charge in [0.1, 0.15) is 5.82 Å². The van der Waals surface area contributed by atoms with E-state index in [1.54, 1.807) is 20.1 Å². The summed E-state index contributed by atoms with van der Waals surface area (Å²) in [6.45, 7) is 4.24. The number of carbonyl (C=O) groups is 1.